The highest BCUT2D eigenvalue weighted by molar-refractivity contribution is 6.64. The zero-order valence-electron chi connectivity index (χ0n) is 18.6. The third kappa shape index (κ3) is 9.42. The maximum atomic E-state index is 12.3. The van der Waals surface area contributed by atoms with E-state index >= 15 is 0 Å². The molecular weight excluding hydrogens is 408 g/mol. The van der Waals surface area contributed by atoms with Crippen LogP contribution in [-0.2, 0) is 13.6 Å². The molecule has 0 aliphatic rings. The molecule has 0 bridgehead atoms. The summed E-state index contributed by atoms with van der Waals surface area (Å²) in [6.07, 6.45) is 7.11. The van der Waals surface area contributed by atoms with Crippen LogP contribution in [0.15, 0.2) is 60.7 Å². The van der Waals surface area contributed by atoms with Crippen molar-refractivity contribution in [1.82, 2.24) is 0 Å². The van der Waals surface area contributed by atoms with Crippen molar-refractivity contribution in [3.05, 3.63) is 77.4 Å². The molecule has 2 aromatic carbocycles. The SMILES string of the molecule is CO[Si](C)(C)OCCCCCCOC(=O)c1ccc(C(=O)/C=C/c2ccccc2)cc1. The van der Waals surface area contributed by atoms with Gasteiger partial charge in [-0.25, -0.2) is 4.79 Å². The van der Waals surface area contributed by atoms with Crippen LogP contribution in [0.3, 0.4) is 0 Å². The van der Waals surface area contributed by atoms with E-state index in [1.54, 1.807) is 37.5 Å². The maximum absolute atomic E-state index is 12.3. The Morgan fingerprint density at radius 2 is 1.45 bits per heavy atom. The molecule has 0 saturated carbocycles. The monoisotopic (exact) mass is 440 g/mol. The van der Waals surface area contributed by atoms with Gasteiger partial charge in [0.05, 0.1) is 12.2 Å². The Kier molecular flexibility index (Phi) is 10.4. The van der Waals surface area contributed by atoms with Gasteiger partial charge in [0.25, 0.3) is 0 Å². The molecule has 0 fully saturated rings. The first-order chi connectivity index (χ1) is 14.9. The molecule has 0 amide bonds. The number of unbranched alkanes of at least 4 members (excludes halogenated alkanes) is 3. The van der Waals surface area contributed by atoms with E-state index in [-0.39, 0.29) is 11.8 Å². The summed E-state index contributed by atoms with van der Waals surface area (Å²) < 4.78 is 16.4. The lowest BCUT2D eigenvalue weighted by atomic mass is 10.1. The van der Waals surface area contributed by atoms with Gasteiger partial charge in [0.1, 0.15) is 0 Å². The first-order valence-electron chi connectivity index (χ1n) is 10.6. The molecule has 5 nitrogen and oxygen atoms in total. The largest absolute Gasteiger partial charge is 0.462 e. The number of rotatable bonds is 13. The van der Waals surface area contributed by atoms with Gasteiger partial charge in [-0.2, -0.15) is 0 Å². The predicted octanol–water partition coefficient (Wildman–Crippen LogP) is 5.66. The van der Waals surface area contributed by atoms with Crippen molar-refractivity contribution in [1.29, 1.82) is 0 Å². The van der Waals surface area contributed by atoms with Gasteiger partial charge >= 0.3 is 14.5 Å². The summed E-state index contributed by atoms with van der Waals surface area (Å²) in [4.78, 5) is 24.4. The van der Waals surface area contributed by atoms with Crippen LogP contribution >= 0.6 is 0 Å². The van der Waals surface area contributed by atoms with E-state index in [2.05, 4.69) is 0 Å². The van der Waals surface area contributed by atoms with Crippen LogP contribution in [0.25, 0.3) is 6.08 Å². The highest BCUT2D eigenvalue weighted by Gasteiger charge is 2.21. The Balaban J connectivity index is 1.66. The van der Waals surface area contributed by atoms with Gasteiger partial charge in [0.15, 0.2) is 5.78 Å². The van der Waals surface area contributed by atoms with Crippen LogP contribution in [0.2, 0.25) is 13.1 Å². The Bertz CT molecular complexity index is 844. The van der Waals surface area contributed by atoms with Gasteiger partial charge in [-0.15, -0.1) is 0 Å². The Hall–Kier alpha value is -2.54. The Morgan fingerprint density at radius 3 is 2.10 bits per heavy atom. The fraction of sp³-hybridized carbons (Fsp3) is 0.360. The molecule has 2 rings (SSSR count). The van der Waals surface area contributed by atoms with E-state index in [1.807, 2.05) is 43.4 Å². The van der Waals surface area contributed by atoms with Crippen molar-refractivity contribution >= 4 is 26.4 Å². The van der Waals surface area contributed by atoms with Gasteiger partial charge in [0.2, 0.25) is 0 Å². The lowest BCUT2D eigenvalue weighted by Crippen LogP contribution is -2.33. The second kappa shape index (κ2) is 13.0. The number of allylic oxidation sites excluding steroid dienone is 1. The lowest BCUT2D eigenvalue weighted by molar-refractivity contribution is 0.0497. The van der Waals surface area contributed by atoms with Crippen LogP contribution in [0.5, 0.6) is 0 Å². The molecule has 31 heavy (non-hydrogen) atoms. The zero-order valence-corrected chi connectivity index (χ0v) is 19.6. The van der Waals surface area contributed by atoms with E-state index in [0.717, 1.165) is 31.2 Å². The highest BCUT2D eigenvalue weighted by atomic mass is 28.4. The van der Waals surface area contributed by atoms with Crippen LogP contribution in [0.4, 0.5) is 0 Å². The van der Waals surface area contributed by atoms with Crippen molar-refractivity contribution < 1.29 is 23.2 Å². The quantitative estimate of drug-likeness (QED) is 0.132. The van der Waals surface area contributed by atoms with Crippen molar-refractivity contribution in [3.63, 3.8) is 0 Å². The summed E-state index contributed by atoms with van der Waals surface area (Å²) in [5.41, 5.74) is 1.94. The Labute approximate surface area is 186 Å². The van der Waals surface area contributed by atoms with Gasteiger partial charge in [-0.05, 0) is 56.1 Å². The molecule has 0 saturated heterocycles. The van der Waals surface area contributed by atoms with Crippen LogP contribution in [0, 0.1) is 0 Å². The van der Waals surface area contributed by atoms with Gasteiger partial charge in [0, 0.05) is 19.3 Å². The van der Waals surface area contributed by atoms with E-state index in [9.17, 15) is 9.59 Å². The number of benzene rings is 2. The van der Waals surface area contributed by atoms with Crippen molar-refractivity contribution in [2.45, 2.75) is 38.8 Å². The number of hydrogen-bond acceptors (Lipinski definition) is 5. The number of carbonyl (C=O) groups excluding carboxylic acids is 2. The number of ether oxygens (including phenoxy) is 1. The topological polar surface area (TPSA) is 61.8 Å². The smallest absolute Gasteiger partial charge is 0.338 e. The molecule has 0 radical (unpaired) electrons. The number of esters is 1. The first-order valence-corrected chi connectivity index (χ1v) is 13.5. The molecule has 6 heteroatoms. The van der Waals surface area contributed by atoms with E-state index < -0.39 is 8.56 Å². The molecule has 0 aromatic heterocycles. The van der Waals surface area contributed by atoms with Crippen molar-refractivity contribution in [2.24, 2.45) is 0 Å². The average Bonchev–Trinajstić information content (AvgIpc) is 2.79. The summed E-state index contributed by atoms with van der Waals surface area (Å²) in [5.74, 6) is -0.473. The van der Waals surface area contributed by atoms with Crippen LogP contribution in [0.1, 0.15) is 52.0 Å². The third-order valence-corrected chi connectivity index (χ3v) is 6.73. The van der Waals surface area contributed by atoms with Crippen LogP contribution < -0.4 is 0 Å². The molecule has 2 aromatic rings. The average molecular weight is 441 g/mol. The molecule has 0 unspecified atom stereocenters. The molecule has 0 atom stereocenters. The molecule has 0 aliphatic heterocycles. The second-order valence-electron chi connectivity index (χ2n) is 7.69. The molecular formula is C25H32O5Si. The number of ketones is 1. The predicted molar refractivity (Wildman–Crippen MR) is 125 cm³/mol. The fourth-order valence-corrected chi connectivity index (χ4v) is 3.54. The molecule has 166 valence electrons. The van der Waals surface area contributed by atoms with Crippen LogP contribution in [-0.4, -0.2) is 40.6 Å². The molecule has 0 aliphatic carbocycles. The van der Waals surface area contributed by atoms with E-state index in [1.165, 1.54) is 6.08 Å². The standard InChI is InChI=1S/C25H32O5Si/c1-28-31(2,3)30-20-10-5-4-9-19-29-25(27)23-16-14-22(15-17-23)24(26)18-13-21-11-7-6-8-12-21/h6-8,11-18H,4-5,9-10,19-20H2,1-3H3/b18-13+. The number of carbonyl (C=O) groups is 2. The summed E-state index contributed by atoms with van der Waals surface area (Å²) in [5, 5.41) is 0. The second-order valence-corrected chi connectivity index (χ2v) is 11.2. The van der Waals surface area contributed by atoms with Gasteiger partial charge < -0.3 is 13.6 Å². The van der Waals surface area contributed by atoms with Crippen molar-refractivity contribution in [2.75, 3.05) is 20.3 Å². The van der Waals surface area contributed by atoms with Gasteiger partial charge in [-0.1, -0.05) is 55.0 Å². The molecule has 0 N–H and O–H groups in total. The third-order valence-electron chi connectivity index (χ3n) is 4.84. The lowest BCUT2D eigenvalue weighted by Gasteiger charge is -2.19. The normalized spacial score (nSPS) is 11.6. The van der Waals surface area contributed by atoms with Gasteiger partial charge in [-0.3, -0.25) is 4.79 Å². The number of hydrogen-bond donors (Lipinski definition) is 0. The minimum atomic E-state index is -1.93. The van der Waals surface area contributed by atoms with E-state index in [0.29, 0.717) is 24.3 Å². The summed E-state index contributed by atoms with van der Waals surface area (Å²) in [7, 11) is -0.241. The fourth-order valence-electron chi connectivity index (χ4n) is 2.79. The Morgan fingerprint density at radius 1 is 0.839 bits per heavy atom. The van der Waals surface area contributed by atoms with E-state index in [4.69, 9.17) is 13.6 Å². The van der Waals surface area contributed by atoms with Crippen molar-refractivity contribution in [3.8, 4) is 0 Å². The minimum Gasteiger partial charge on any atom is -0.462 e. The maximum Gasteiger partial charge on any atom is 0.338 e. The minimum absolute atomic E-state index is 0.107. The zero-order chi connectivity index (χ0) is 22.5. The summed E-state index contributed by atoms with van der Waals surface area (Å²) >= 11 is 0. The molecule has 0 heterocycles. The molecule has 0 spiro atoms. The first kappa shape index (κ1) is 24.7. The summed E-state index contributed by atoms with van der Waals surface area (Å²) in [6.45, 7) is 5.14. The summed E-state index contributed by atoms with van der Waals surface area (Å²) in [6, 6.07) is 16.2. The highest BCUT2D eigenvalue weighted by Crippen LogP contribution is 2.11.